The first-order valence-electron chi connectivity index (χ1n) is 7.78. The molecule has 1 aromatic rings. The van der Waals surface area contributed by atoms with Crippen LogP contribution in [-0.2, 0) is 0 Å². The van der Waals surface area contributed by atoms with Crippen molar-refractivity contribution in [3.05, 3.63) is 29.3 Å². The Morgan fingerprint density at radius 2 is 1.80 bits per heavy atom. The number of hydrogen-bond donors (Lipinski definition) is 1. The van der Waals surface area contributed by atoms with Gasteiger partial charge in [0.1, 0.15) is 0 Å². The SMILES string of the molecule is Cc1cccc(N2CCN(CC3(CS)CC3)CC2)c1C. The van der Waals surface area contributed by atoms with Crippen molar-refractivity contribution in [2.75, 3.05) is 43.4 Å². The summed E-state index contributed by atoms with van der Waals surface area (Å²) in [5.41, 5.74) is 4.83. The van der Waals surface area contributed by atoms with Crippen LogP contribution in [0.4, 0.5) is 5.69 Å². The van der Waals surface area contributed by atoms with Crippen molar-refractivity contribution in [1.82, 2.24) is 4.90 Å². The van der Waals surface area contributed by atoms with E-state index >= 15 is 0 Å². The van der Waals surface area contributed by atoms with Gasteiger partial charge in [-0.1, -0.05) is 12.1 Å². The Bertz CT molecular complexity index is 474. The molecule has 1 aliphatic carbocycles. The van der Waals surface area contributed by atoms with Gasteiger partial charge in [0.15, 0.2) is 0 Å². The first kappa shape index (κ1) is 14.3. The van der Waals surface area contributed by atoms with Gasteiger partial charge >= 0.3 is 0 Å². The molecule has 1 saturated heterocycles. The van der Waals surface area contributed by atoms with Gasteiger partial charge in [0.2, 0.25) is 0 Å². The number of nitrogens with zero attached hydrogens (tertiary/aromatic N) is 2. The van der Waals surface area contributed by atoms with Crippen molar-refractivity contribution in [3.8, 4) is 0 Å². The minimum atomic E-state index is 0.560. The van der Waals surface area contributed by atoms with E-state index in [1.54, 1.807) is 0 Å². The van der Waals surface area contributed by atoms with Crippen molar-refractivity contribution in [2.24, 2.45) is 5.41 Å². The molecule has 1 aliphatic heterocycles. The van der Waals surface area contributed by atoms with E-state index in [0.29, 0.717) is 5.41 Å². The molecule has 2 nitrogen and oxygen atoms in total. The summed E-state index contributed by atoms with van der Waals surface area (Å²) < 4.78 is 0. The van der Waals surface area contributed by atoms with E-state index in [4.69, 9.17) is 0 Å². The maximum absolute atomic E-state index is 4.53. The number of benzene rings is 1. The molecule has 20 heavy (non-hydrogen) atoms. The average Bonchev–Trinajstić information content (AvgIpc) is 3.23. The topological polar surface area (TPSA) is 6.48 Å². The highest BCUT2D eigenvalue weighted by Crippen LogP contribution is 2.47. The van der Waals surface area contributed by atoms with Crippen LogP contribution in [0.2, 0.25) is 0 Å². The zero-order chi connectivity index (χ0) is 14.2. The summed E-state index contributed by atoms with van der Waals surface area (Å²) in [6.45, 7) is 10.4. The Hall–Kier alpha value is -0.670. The fourth-order valence-corrected chi connectivity index (χ4v) is 3.66. The van der Waals surface area contributed by atoms with E-state index in [0.717, 1.165) is 18.8 Å². The minimum absolute atomic E-state index is 0.560. The largest absolute Gasteiger partial charge is 0.369 e. The molecule has 3 rings (SSSR count). The van der Waals surface area contributed by atoms with E-state index in [9.17, 15) is 0 Å². The number of thiol groups is 1. The maximum Gasteiger partial charge on any atom is 0.0399 e. The average molecular weight is 290 g/mol. The zero-order valence-corrected chi connectivity index (χ0v) is 13.6. The number of anilines is 1. The second kappa shape index (κ2) is 5.61. The van der Waals surface area contributed by atoms with Gasteiger partial charge < -0.3 is 4.90 Å². The van der Waals surface area contributed by atoms with Crippen molar-refractivity contribution >= 4 is 18.3 Å². The van der Waals surface area contributed by atoms with Crippen LogP contribution in [-0.4, -0.2) is 43.4 Å². The lowest BCUT2D eigenvalue weighted by Gasteiger charge is -2.38. The smallest absolute Gasteiger partial charge is 0.0399 e. The van der Waals surface area contributed by atoms with E-state index in [1.807, 2.05) is 0 Å². The van der Waals surface area contributed by atoms with Crippen molar-refractivity contribution in [2.45, 2.75) is 26.7 Å². The molecule has 110 valence electrons. The molecule has 0 amide bonds. The Morgan fingerprint density at radius 3 is 2.40 bits per heavy atom. The van der Waals surface area contributed by atoms with Gasteiger partial charge in [0.25, 0.3) is 0 Å². The third kappa shape index (κ3) is 2.84. The molecule has 0 N–H and O–H groups in total. The van der Waals surface area contributed by atoms with Crippen LogP contribution in [0, 0.1) is 19.3 Å². The van der Waals surface area contributed by atoms with Gasteiger partial charge in [-0.25, -0.2) is 0 Å². The predicted octanol–water partition coefficient (Wildman–Crippen LogP) is 3.14. The predicted molar refractivity (Wildman–Crippen MR) is 90.1 cm³/mol. The zero-order valence-electron chi connectivity index (χ0n) is 12.7. The van der Waals surface area contributed by atoms with Crippen LogP contribution in [0.25, 0.3) is 0 Å². The van der Waals surface area contributed by atoms with Crippen molar-refractivity contribution < 1.29 is 0 Å². The number of aryl methyl sites for hydroxylation is 1. The number of hydrogen-bond acceptors (Lipinski definition) is 3. The van der Waals surface area contributed by atoms with Crippen LogP contribution < -0.4 is 4.90 Å². The standard InChI is InChI=1S/C17H26N2S/c1-14-4-3-5-16(15(14)2)19-10-8-18(9-11-19)12-17(13-20)6-7-17/h3-5,20H,6-13H2,1-2H3. The van der Waals surface area contributed by atoms with Crippen LogP contribution >= 0.6 is 12.6 Å². The van der Waals surface area contributed by atoms with Gasteiger partial charge in [-0.15, -0.1) is 0 Å². The summed E-state index contributed by atoms with van der Waals surface area (Å²) in [5, 5.41) is 0. The van der Waals surface area contributed by atoms with Gasteiger partial charge in [-0.05, 0) is 55.1 Å². The van der Waals surface area contributed by atoms with Crippen molar-refractivity contribution in [1.29, 1.82) is 0 Å². The number of rotatable bonds is 4. The molecule has 0 radical (unpaired) electrons. The summed E-state index contributed by atoms with van der Waals surface area (Å²) in [4.78, 5) is 5.20. The molecular weight excluding hydrogens is 264 g/mol. The van der Waals surface area contributed by atoms with Gasteiger partial charge in [-0.2, -0.15) is 12.6 Å². The highest BCUT2D eigenvalue weighted by molar-refractivity contribution is 7.80. The Balaban J connectivity index is 1.59. The van der Waals surface area contributed by atoms with Gasteiger partial charge in [-0.3, -0.25) is 4.90 Å². The summed E-state index contributed by atoms with van der Waals surface area (Å²) >= 11 is 4.53. The minimum Gasteiger partial charge on any atom is -0.369 e. The Morgan fingerprint density at radius 1 is 1.10 bits per heavy atom. The van der Waals surface area contributed by atoms with Gasteiger partial charge in [0.05, 0.1) is 0 Å². The molecule has 0 spiro atoms. The normalized spacial score (nSPS) is 22.1. The monoisotopic (exact) mass is 290 g/mol. The van der Waals surface area contributed by atoms with E-state index < -0.39 is 0 Å². The van der Waals surface area contributed by atoms with E-state index in [1.165, 1.54) is 49.3 Å². The molecule has 3 heteroatoms. The van der Waals surface area contributed by atoms with E-state index in [-0.39, 0.29) is 0 Å². The molecule has 1 heterocycles. The summed E-state index contributed by atoms with van der Waals surface area (Å²) in [6.07, 6.45) is 2.77. The molecule has 0 bridgehead atoms. The molecule has 0 atom stereocenters. The molecule has 0 aromatic heterocycles. The summed E-state index contributed by atoms with van der Waals surface area (Å²) in [5.74, 6) is 1.06. The van der Waals surface area contributed by atoms with Crippen LogP contribution in [0.1, 0.15) is 24.0 Å². The lowest BCUT2D eigenvalue weighted by Crippen LogP contribution is -2.48. The third-order valence-corrected chi connectivity index (χ3v) is 5.81. The fourth-order valence-electron chi connectivity index (χ4n) is 3.24. The lowest BCUT2D eigenvalue weighted by molar-refractivity contribution is 0.218. The second-order valence-electron chi connectivity index (χ2n) is 6.64. The Kier molecular flexibility index (Phi) is 4.00. The fraction of sp³-hybridized carbons (Fsp3) is 0.647. The maximum atomic E-state index is 4.53. The Labute approximate surface area is 128 Å². The van der Waals surface area contributed by atoms with E-state index in [2.05, 4.69) is 54.5 Å². The van der Waals surface area contributed by atoms with Crippen LogP contribution in [0.15, 0.2) is 18.2 Å². The summed E-state index contributed by atoms with van der Waals surface area (Å²) in [7, 11) is 0. The van der Waals surface area contributed by atoms with Crippen LogP contribution in [0.5, 0.6) is 0 Å². The van der Waals surface area contributed by atoms with Gasteiger partial charge in [0, 0.05) is 38.4 Å². The highest BCUT2D eigenvalue weighted by Gasteiger charge is 2.42. The molecular formula is C17H26N2S. The molecule has 2 aliphatic rings. The molecule has 1 aromatic carbocycles. The first-order valence-corrected chi connectivity index (χ1v) is 8.41. The molecule has 1 saturated carbocycles. The second-order valence-corrected chi connectivity index (χ2v) is 6.96. The van der Waals surface area contributed by atoms with Crippen molar-refractivity contribution in [3.63, 3.8) is 0 Å². The third-order valence-electron chi connectivity index (χ3n) is 5.14. The first-order chi connectivity index (χ1) is 9.63. The number of piperazine rings is 1. The molecule has 2 fully saturated rings. The molecule has 0 unspecified atom stereocenters. The van der Waals surface area contributed by atoms with Crippen LogP contribution in [0.3, 0.4) is 0 Å². The lowest BCUT2D eigenvalue weighted by atomic mass is 10.1. The summed E-state index contributed by atoms with van der Waals surface area (Å²) in [6, 6.07) is 6.66. The quantitative estimate of drug-likeness (QED) is 0.851. The highest BCUT2D eigenvalue weighted by atomic mass is 32.1.